The average Bonchev–Trinajstić information content (AvgIpc) is 3.44. The van der Waals surface area contributed by atoms with E-state index in [1.54, 1.807) is 30.1 Å². The Balaban J connectivity index is 1.78. The molecule has 0 bridgehead atoms. The predicted molar refractivity (Wildman–Crippen MR) is 117 cm³/mol. The Bertz CT molecular complexity index is 1380. The van der Waals surface area contributed by atoms with E-state index in [0.717, 1.165) is 40.7 Å². The van der Waals surface area contributed by atoms with Gasteiger partial charge in [0.25, 0.3) is 11.1 Å². The molecule has 1 N–H and O–H groups in total. The maximum atomic E-state index is 12.9. The van der Waals surface area contributed by atoms with Gasteiger partial charge >= 0.3 is 0 Å². The first kappa shape index (κ1) is 18.5. The van der Waals surface area contributed by atoms with E-state index in [2.05, 4.69) is 4.98 Å². The number of aromatic amines is 1. The van der Waals surface area contributed by atoms with Crippen LogP contribution < -0.4 is 15.9 Å². The highest BCUT2D eigenvalue weighted by Crippen LogP contribution is 2.40. The molecule has 4 aromatic rings. The summed E-state index contributed by atoms with van der Waals surface area (Å²) in [5, 5.41) is 0.771. The number of H-pyrrole nitrogens is 1. The van der Waals surface area contributed by atoms with E-state index in [9.17, 15) is 9.59 Å². The standard InChI is InChI=1S/C24H23N3O3/c1-14-5-4-6-15(2)23(14)30-20-13-27(16-7-8-16)21(28)11-18(20)19-12-26(3)24(29)22-17(19)9-10-25-22/h4-6,9-13,16,25H,7-8H2,1-3H3. The number of pyridine rings is 2. The van der Waals surface area contributed by atoms with Crippen molar-refractivity contribution < 1.29 is 4.74 Å². The van der Waals surface area contributed by atoms with Crippen LogP contribution in [0.25, 0.3) is 22.0 Å². The van der Waals surface area contributed by atoms with Crippen molar-refractivity contribution in [2.45, 2.75) is 32.7 Å². The number of hydrogen-bond donors (Lipinski definition) is 1. The van der Waals surface area contributed by atoms with Crippen LogP contribution in [-0.4, -0.2) is 14.1 Å². The largest absolute Gasteiger partial charge is 0.455 e. The Morgan fingerprint density at radius 2 is 1.77 bits per heavy atom. The molecule has 1 aliphatic rings. The van der Waals surface area contributed by atoms with E-state index in [4.69, 9.17) is 4.74 Å². The van der Waals surface area contributed by atoms with E-state index in [-0.39, 0.29) is 17.2 Å². The number of rotatable bonds is 4. The molecular formula is C24H23N3O3. The van der Waals surface area contributed by atoms with Crippen molar-refractivity contribution in [3.63, 3.8) is 0 Å². The Labute approximate surface area is 173 Å². The van der Waals surface area contributed by atoms with E-state index >= 15 is 0 Å². The maximum Gasteiger partial charge on any atom is 0.274 e. The van der Waals surface area contributed by atoms with Crippen molar-refractivity contribution in [3.05, 3.63) is 80.8 Å². The number of ether oxygens (including phenoxy) is 1. The number of nitrogens with zero attached hydrogens (tertiary/aromatic N) is 2. The molecule has 0 saturated heterocycles. The van der Waals surface area contributed by atoms with Crippen LogP contribution in [0.2, 0.25) is 0 Å². The van der Waals surface area contributed by atoms with Gasteiger partial charge in [-0.05, 0) is 43.9 Å². The van der Waals surface area contributed by atoms with Crippen molar-refractivity contribution in [1.82, 2.24) is 14.1 Å². The van der Waals surface area contributed by atoms with Gasteiger partial charge in [-0.15, -0.1) is 0 Å². The summed E-state index contributed by atoms with van der Waals surface area (Å²) in [5.41, 5.74) is 3.87. The number of nitrogens with one attached hydrogen (secondary N) is 1. The molecule has 6 nitrogen and oxygen atoms in total. The third kappa shape index (κ3) is 2.96. The second kappa shape index (κ2) is 6.76. The van der Waals surface area contributed by atoms with Gasteiger partial charge in [-0.3, -0.25) is 9.59 Å². The summed E-state index contributed by atoms with van der Waals surface area (Å²) >= 11 is 0. The number of benzene rings is 1. The molecule has 0 radical (unpaired) electrons. The van der Waals surface area contributed by atoms with Crippen LogP contribution in [0.15, 0.2) is 58.5 Å². The number of aryl methyl sites for hydroxylation is 3. The summed E-state index contributed by atoms with van der Waals surface area (Å²) in [4.78, 5) is 28.4. The highest BCUT2D eigenvalue weighted by Gasteiger charge is 2.26. The van der Waals surface area contributed by atoms with Gasteiger partial charge in [-0.1, -0.05) is 18.2 Å². The normalized spacial score (nSPS) is 13.7. The van der Waals surface area contributed by atoms with Crippen LogP contribution in [0.4, 0.5) is 0 Å². The summed E-state index contributed by atoms with van der Waals surface area (Å²) in [6.07, 6.45) is 7.35. The fraction of sp³-hybridized carbons (Fsp3) is 0.250. The minimum atomic E-state index is -0.109. The molecule has 3 aromatic heterocycles. The summed E-state index contributed by atoms with van der Waals surface area (Å²) in [7, 11) is 1.71. The van der Waals surface area contributed by atoms with Gasteiger partial charge in [0.15, 0.2) is 5.75 Å². The summed E-state index contributed by atoms with van der Waals surface area (Å²) in [6, 6.07) is 9.75. The topological polar surface area (TPSA) is 69.0 Å². The molecule has 3 heterocycles. The van der Waals surface area contributed by atoms with Crippen LogP contribution in [0.5, 0.6) is 11.5 Å². The molecule has 1 aromatic carbocycles. The number of hydrogen-bond acceptors (Lipinski definition) is 3. The fourth-order valence-corrected chi connectivity index (χ4v) is 4.01. The van der Waals surface area contributed by atoms with Crippen LogP contribution in [0.1, 0.15) is 30.0 Å². The molecule has 5 rings (SSSR count). The lowest BCUT2D eigenvalue weighted by atomic mass is 10.0. The van der Waals surface area contributed by atoms with Gasteiger partial charge in [-0.2, -0.15) is 0 Å². The predicted octanol–water partition coefficient (Wildman–Crippen LogP) is 4.44. The Kier molecular flexibility index (Phi) is 4.17. The van der Waals surface area contributed by atoms with E-state index in [1.165, 1.54) is 4.57 Å². The van der Waals surface area contributed by atoms with Crippen LogP contribution in [0.3, 0.4) is 0 Å². The number of para-hydroxylation sites is 1. The lowest BCUT2D eigenvalue weighted by Gasteiger charge is -2.17. The van der Waals surface area contributed by atoms with Gasteiger partial charge in [0.05, 0.1) is 6.20 Å². The molecule has 1 fully saturated rings. The minimum Gasteiger partial charge on any atom is -0.455 e. The Morgan fingerprint density at radius 3 is 2.47 bits per heavy atom. The quantitative estimate of drug-likeness (QED) is 0.550. The zero-order valence-electron chi connectivity index (χ0n) is 17.2. The lowest BCUT2D eigenvalue weighted by molar-refractivity contribution is 0.467. The highest BCUT2D eigenvalue weighted by molar-refractivity contribution is 5.95. The first-order valence-electron chi connectivity index (χ1n) is 10.1. The van der Waals surface area contributed by atoms with Crippen molar-refractivity contribution in [2.24, 2.45) is 7.05 Å². The number of fused-ring (bicyclic) bond motifs is 1. The first-order valence-corrected chi connectivity index (χ1v) is 10.1. The zero-order chi connectivity index (χ0) is 21.0. The van der Waals surface area contributed by atoms with Crippen molar-refractivity contribution in [1.29, 1.82) is 0 Å². The maximum absolute atomic E-state index is 12.9. The molecular weight excluding hydrogens is 378 g/mol. The monoisotopic (exact) mass is 401 g/mol. The molecule has 0 atom stereocenters. The minimum absolute atomic E-state index is 0.0566. The average molecular weight is 401 g/mol. The molecule has 30 heavy (non-hydrogen) atoms. The molecule has 0 unspecified atom stereocenters. The summed E-state index contributed by atoms with van der Waals surface area (Å²) < 4.78 is 9.74. The lowest BCUT2D eigenvalue weighted by Crippen LogP contribution is -2.19. The SMILES string of the molecule is Cc1cccc(C)c1Oc1cn(C2CC2)c(=O)cc1-c1cn(C)c(=O)c2[nH]ccc12. The van der Waals surface area contributed by atoms with E-state index in [1.807, 2.05) is 44.3 Å². The zero-order valence-corrected chi connectivity index (χ0v) is 17.2. The number of aromatic nitrogens is 3. The van der Waals surface area contributed by atoms with Crippen LogP contribution >= 0.6 is 0 Å². The van der Waals surface area contributed by atoms with Gasteiger partial charge in [0, 0.05) is 48.1 Å². The molecule has 152 valence electrons. The smallest absolute Gasteiger partial charge is 0.274 e. The van der Waals surface area contributed by atoms with Gasteiger partial charge in [-0.25, -0.2) is 0 Å². The third-order valence-corrected chi connectivity index (χ3v) is 5.79. The highest BCUT2D eigenvalue weighted by atomic mass is 16.5. The summed E-state index contributed by atoms with van der Waals surface area (Å²) in [5.74, 6) is 1.40. The molecule has 0 amide bonds. The molecule has 6 heteroatoms. The Morgan fingerprint density at radius 1 is 1.03 bits per heavy atom. The Hall–Kier alpha value is -3.54. The van der Waals surface area contributed by atoms with Crippen LogP contribution in [0, 0.1) is 13.8 Å². The van der Waals surface area contributed by atoms with E-state index < -0.39 is 0 Å². The van der Waals surface area contributed by atoms with Gasteiger partial charge in [0.2, 0.25) is 0 Å². The van der Waals surface area contributed by atoms with Crippen molar-refractivity contribution in [3.8, 4) is 22.6 Å². The second-order valence-corrected chi connectivity index (χ2v) is 8.08. The van der Waals surface area contributed by atoms with Crippen LogP contribution in [-0.2, 0) is 7.05 Å². The van der Waals surface area contributed by atoms with Gasteiger partial charge < -0.3 is 18.9 Å². The van der Waals surface area contributed by atoms with Crippen molar-refractivity contribution in [2.75, 3.05) is 0 Å². The van der Waals surface area contributed by atoms with E-state index in [0.29, 0.717) is 16.8 Å². The molecule has 1 saturated carbocycles. The first-order chi connectivity index (χ1) is 14.4. The van der Waals surface area contributed by atoms with Gasteiger partial charge in [0.1, 0.15) is 11.3 Å². The molecule has 1 aliphatic carbocycles. The second-order valence-electron chi connectivity index (χ2n) is 8.08. The third-order valence-electron chi connectivity index (χ3n) is 5.79. The van der Waals surface area contributed by atoms with Crippen molar-refractivity contribution >= 4 is 10.9 Å². The summed E-state index contributed by atoms with van der Waals surface area (Å²) in [6.45, 7) is 4.02. The molecule has 0 aliphatic heterocycles. The fourth-order valence-electron chi connectivity index (χ4n) is 4.01. The molecule has 0 spiro atoms.